The highest BCUT2D eigenvalue weighted by Crippen LogP contribution is 2.32. The predicted octanol–water partition coefficient (Wildman–Crippen LogP) is 1.96. The van der Waals surface area contributed by atoms with Gasteiger partial charge in [-0.15, -0.1) is 0 Å². The lowest BCUT2D eigenvalue weighted by atomic mass is 10.1. The van der Waals surface area contributed by atoms with E-state index in [1.54, 1.807) is 6.07 Å². The van der Waals surface area contributed by atoms with Crippen LogP contribution in [0.3, 0.4) is 0 Å². The zero-order valence-electron chi connectivity index (χ0n) is 7.26. The van der Waals surface area contributed by atoms with E-state index in [0.717, 1.165) is 5.56 Å². The zero-order valence-corrected chi connectivity index (χ0v) is 7.26. The van der Waals surface area contributed by atoms with Crippen LogP contribution in [-0.2, 0) is 6.42 Å². The Hall–Kier alpha value is -1.38. The fourth-order valence-electron chi connectivity index (χ4n) is 1.68. The van der Waals surface area contributed by atoms with Gasteiger partial charge in [0.1, 0.15) is 0 Å². The van der Waals surface area contributed by atoms with Crippen LogP contribution in [0.4, 0.5) is 4.39 Å². The average Bonchev–Trinajstić information content (AvgIpc) is 2.49. The van der Waals surface area contributed by atoms with Crippen molar-refractivity contribution in [2.24, 2.45) is 0 Å². The minimum Gasteiger partial charge on any atom is -0.493 e. The first-order chi connectivity index (χ1) is 6.24. The maximum atomic E-state index is 13.1. The van der Waals surface area contributed by atoms with Crippen molar-refractivity contribution in [3.8, 4) is 5.75 Å². The first-order valence-corrected chi connectivity index (χ1v) is 4.12. The highest BCUT2D eigenvalue weighted by molar-refractivity contribution is 6.02. The van der Waals surface area contributed by atoms with Crippen LogP contribution in [0.15, 0.2) is 12.1 Å². The van der Waals surface area contributed by atoms with Crippen LogP contribution in [0.25, 0.3) is 0 Å². The smallest absolute Gasteiger partial charge is 0.167 e. The molecule has 0 aromatic heterocycles. The third-order valence-corrected chi connectivity index (χ3v) is 2.30. The molecule has 0 heterocycles. The summed E-state index contributed by atoms with van der Waals surface area (Å²) in [4.78, 5) is 11.4. The molecule has 0 unspecified atom stereocenters. The summed E-state index contributed by atoms with van der Waals surface area (Å²) in [6.07, 6.45) is 1.17. The first-order valence-electron chi connectivity index (χ1n) is 4.12. The van der Waals surface area contributed by atoms with Crippen LogP contribution >= 0.6 is 0 Å². The van der Waals surface area contributed by atoms with Crippen molar-refractivity contribution >= 4 is 5.78 Å². The second kappa shape index (κ2) is 2.83. The second-order valence-corrected chi connectivity index (χ2v) is 3.04. The van der Waals surface area contributed by atoms with Crippen molar-refractivity contribution in [2.45, 2.75) is 12.8 Å². The summed E-state index contributed by atoms with van der Waals surface area (Å²) in [5, 5.41) is 0. The van der Waals surface area contributed by atoms with Crippen LogP contribution in [0.2, 0.25) is 0 Å². The fraction of sp³-hybridized carbons (Fsp3) is 0.300. The number of hydrogen-bond acceptors (Lipinski definition) is 2. The molecule has 3 heteroatoms. The molecule has 0 aliphatic heterocycles. The van der Waals surface area contributed by atoms with Crippen LogP contribution < -0.4 is 4.74 Å². The van der Waals surface area contributed by atoms with E-state index in [1.165, 1.54) is 13.2 Å². The summed E-state index contributed by atoms with van der Waals surface area (Å²) >= 11 is 0. The Morgan fingerprint density at radius 1 is 1.38 bits per heavy atom. The predicted molar refractivity (Wildman–Crippen MR) is 45.6 cm³/mol. The van der Waals surface area contributed by atoms with Crippen LogP contribution in [-0.4, -0.2) is 12.9 Å². The van der Waals surface area contributed by atoms with Gasteiger partial charge in [0.25, 0.3) is 0 Å². The number of Topliss-reactive ketones (excluding diaryl/α,β-unsaturated/α-hetero) is 1. The van der Waals surface area contributed by atoms with Crippen molar-refractivity contribution in [2.75, 3.05) is 7.11 Å². The molecule has 0 saturated carbocycles. The molecule has 0 N–H and O–H groups in total. The molecule has 2 nitrogen and oxygen atoms in total. The first kappa shape index (κ1) is 8.23. The van der Waals surface area contributed by atoms with Crippen molar-refractivity contribution < 1.29 is 13.9 Å². The minimum absolute atomic E-state index is 0.0219. The quantitative estimate of drug-likeness (QED) is 0.660. The van der Waals surface area contributed by atoms with Gasteiger partial charge in [0.05, 0.1) is 12.7 Å². The molecule has 0 saturated heterocycles. The number of carbonyl (C=O) groups excluding carboxylic acids is 1. The molecule has 1 aliphatic carbocycles. The third-order valence-electron chi connectivity index (χ3n) is 2.30. The normalized spacial score (nSPS) is 14.5. The van der Waals surface area contributed by atoms with Crippen molar-refractivity contribution in [3.05, 3.63) is 29.1 Å². The highest BCUT2D eigenvalue weighted by atomic mass is 19.1. The van der Waals surface area contributed by atoms with Crippen molar-refractivity contribution in [3.63, 3.8) is 0 Å². The molecule has 0 bridgehead atoms. The van der Waals surface area contributed by atoms with E-state index in [1.807, 2.05) is 0 Å². The number of hydrogen-bond donors (Lipinski definition) is 0. The Morgan fingerprint density at radius 3 is 2.85 bits per heavy atom. The maximum Gasteiger partial charge on any atom is 0.167 e. The summed E-state index contributed by atoms with van der Waals surface area (Å²) < 4.78 is 18.0. The molecule has 0 fully saturated rings. The molecule has 1 aromatic rings. The number of methoxy groups -OCH3 is 1. The van der Waals surface area contributed by atoms with Gasteiger partial charge in [-0.1, -0.05) is 6.07 Å². The van der Waals surface area contributed by atoms with E-state index in [0.29, 0.717) is 18.4 Å². The monoisotopic (exact) mass is 180 g/mol. The van der Waals surface area contributed by atoms with Gasteiger partial charge < -0.3 is 4.74 Å². The van der Waals surface area contributed by atoms with Gasteiger partial charge in [-0.05, 0) is 18.1 Å². The van der Waals surface area contributed by atoms with E-state index in [9.17, 15) is 9.18 Å². The summed E-state index contributed by atoms with van der Waals surface area (Å²) in [5.74, 6) is -0.386. The summed E-state index contributed by atoms with van der Waals surface area (Å²) in [6, 6.07) is 2.99. The van der Waals surface area contributed by atoms with Gasteiger partial charge in [-0.25, -0.2) is 4.39 Å². The molecule has 0 spiro atoms. The van der Waals surface area contributed by atoms with Crippen LogP contribution in [0.1, 0.15) is 22.3 Å². The molecular weight excluding hydrogens is 171 g/mol. The minimum atomic E-state index is -0.462. The van der Waals surface area contributed by atoms with Gasteiger partial charge in [-0.2, -0.15) is 0 Å². The lowest BCUT2D eigenvalue weighted by molar-refractivity contribution is 0.0991. The van der Waals surface area contributed by atoms with Gasteiger partial charge in [-0.3, -0.25) is 4.79 Å². The number of aryl methyl sites for hydroxylation is 1. The Bertz CT molecular complexity index is 371. The average molecular weight is 180 g/mol. The molecule has 1 aromatic carbocycles. The van der Waals surface area contributed by atoms with E-state index in [-0.39, 0.29) is 11.5 Å². The number of fused-ring (bicyclic) bond motifs is 1. The lowest BCUT2D eigenvalue weighted by Gasteiger charge is -2.06. The topological polar surface area (TPSA) is 26.3 Å². The van der Waals surface area contributed by atoms with Gasteiger partial charge in [0.15, 0.2) is 17.3 Å². The standard InChI is InChI=1S/C10H9FO2/c1-13-10-7(11)4-2-6-3-5-8(12)9(6)10/h2,4H,3,5H2,1H3. The number of halogens is 1. The van der Waals surface area contributed by atoms with Gasteiger partial charge >= 0.3 is 0 Å². The fourth-order valence-corrected chi connectivity index (χ4v) is 1.68. The number of ether oxygens (including phenoxy) is 1. The van der Waals surface area contributed by atoms with E-state index in [4.69, 9.17) is 4.74 Å². The van der Waals surface area contributed by atoms with Gasteiger partial charge in [0.2, 0.25) is 0 Å². The molecule has 0 atom stereocenters. The lowest BCUT2D eigenvalue weighted by Crippen LogP contribution is -1.99. The molecule has 2 rings (SSSR count). The molecular formula is C10H9FO2. The molecule has 0 amide bonds. The number of benzene rings is 1. The molecule has 1 aliphatic rings. The van der Waals surface area contributed by atoms with Crippen molar-refractivity contribution in [1.82, 2.24) is 0 Å². The maximum absolute atomic E-state index is 13.1. The Balaban J connectivity index is 2.67. The number of ketones is 1. The van der Waals surface area contributed by atoms with E-state index < -0.39 is 5.82 Å². The summed E-state index contributed by atoms with van der Waals surface area (Å²) in [6.45, 7) is 0. The third kappa shape index (κ3) is 1.11. The molecule has 68 valence electrons. The molecule has 13 heavy (non-hydrogen) atoms. The number of rotatable bonds is 1. The van der Waals surface area contributed by atoms with Crippen molar-refractivity contribution in [1.29, 1.82) is 0 Å². The zero-order chi connectivity index (χ0) is 9.42. The molecule has 0 radical (unpaired) electrons. The summed E-state index contributed by atoms with van der Waals surface area (Å²) in [5.41, 5.74) is 1.32. The van der Waals surface area contributed by atoms with Crippen LogP contribution in [0.5, 0.6) is 5.75 Å². The number of carbonyl (C=O) groups is 1. The summed E-state index contributed by atoms with van der Waals surface area (Å²) in [7, 11) is 1.38. The Kier molecular flexibility index (Phi) is 1.79. The van der Waals surface area contributed by atoms with E-state index in [2.05, 4.69) is 0 Å². The SMILES string of the molecule is COc1c(F)ccc2c1C(=O)CC2. The second-order valence-electron chi connectivity index (χ2n) is 3.04. The Labute approximate surface area is 75.3 Å². The largest absolute Gasteiger partial charge is 0.493 e. The highest BCUT2D eigenvalue weighted by Gasteiger charge is 2.25. The Morgan fingerprint density at radius 2 is 2.15 bits per heavy atom. The van der Waals surface area contributed by atoms with E-state index >= 15 is 0 Å². The van der Waals surface area contributed by atoms with Gasteiger partial charge in [0, 0.05) is 6.42 Å². The van der Waals surface area contributed by atoms with Crippen LogP contribution in [0, 0.1) is 5.82 Å².